The Morgan fingerprint density at radius 1 is 1.29 bits per heavy atom. The summed E-state index contributed by atoms with van der Waals surface area (Å²) < 4.78 is 4.91. The largest absolute Gasteiger partial charge is 0.465 e. The number of rotatable bonds is 6. The van der Waals surface area contributed by atoms with Gasteiger partial charge in [-0.25, -0.2) is 0 Å². The van der Waals surface area contributed by atoms with E-state index in [4.69, 9.17) is 4.74 Å². The molecule has 0 aromatic rings. The zero-order valence-corrected chi connectivity index (χ0v) is 9.55. The summed E-state index contributed by atoms with van der Waals surface area (Å²) in [6, 6.07) is 0. The van der Waals surface area contributed by atoms with Crippen molar-refractivity contribution in [3.8, 4) is 0 Å². The van der Waals surface area contributed by atoms with Gasteiger partial charge < -0.3 is 4.74 Å². The number of ether oxygens (including phenoxy) is 1. The molecule has 0 radical (unpaired) electrons. The van der Waals surface area contributed by atoms with Gasteiger partial charge in [-0.15, -0.1) is 0 Å². The van der Waals surface area contributed by atoms with Gasteiger partial charge in [-0.3, -0.25) is 9.59 Å². The van der Waals surface area contributed by atoms with Gasteiger partial charge in [-0.2, -0.15) is 0 Å². The maximum Gasteiger partial charge on any atom is 0.319 e. The van der Waals surface area contributed by atoms with Gasteiger partial charge in [-0.1, -0.05) is 19.8 Å². The normalized spacial score (nSPS) is 14.6. The van der Waals surface area contributed by atoms with Gasteiger partial charge in [0.25, 0.3) is 0 Å². The minimum atomic E-state index is -0.938. The van der Waals surface area contributed by atoms with Crippen LogP contribution in [-0.4, -0.2) is 18.4 Å². The molecular formula is C11H20O3. The molecule has 0 N–H and O–H groups in total. The van der Waals surface area contributed by atoms with Crippen molar-refractivity contribution in [1.82, 2.24) is 0 Å². The first-order valence-electron chi connectivity index (χ1n) is 5.17. The van der Waals surface area contributed by atoms with Crippen LogP contribution in [0.5, 0.6) is 0 Å². The summed E-state index contributed by atoms with van der Waals surface area (Å²) in [5, 5.41) is 0. The molecule has 0 aromatic carbocycles. The fraction of sp³-hybridized carbons (Fsp3) is 0.818. The average Bonchev–Trinajstić information content (AvgIpc) is 2.14. The molecule has 3 nitrogen and oxygen atoms in total. The van der Waals surface area contributed by atoms with Crippen molar-refractivity contribution in [3.05, 3.63) is 0 Å². The molecule has 0 aliphatic rings. The highest BCUT2D eigenvalue weighted by atomic mass is 16.5. The number of hydrogen-bond donors (Lipinski definition) is 0. The standard InChI is InChI=1S/C11H20O3/c1-5-7-8-11(4,9(3)12)10(13)14-6-2/h5-8H2,1-4H3. The van der Waals surface area contributed by atoms with E-state index in [0.717, 1.165) is 12.8 Å². The highest BCUT2D eigenvalue weighted by Gasteiger charge is 2.38. The SMILES string of the molecule is CCCCC(C)(C(C)=O)C(=O)OCC. The van der Waals surface area contributed by atoms with E-state index in [-0.39, 0.29) is 11.8 Å². The third kappa shape index (κ3) is 3.13. The Hall–Kier alpha value is -0.860. The summed E-state index contributed by atoms with van der Waals surface area (Å²) in [6.45, 7) is 7.23. The molecule has 1 atom stereocenters. The van der Waals surface area contributed by atoms with Crippen molar-refractivity contribution < 1.29 is 14.3 Å². The molecule has 0 bridgehead atoms. The molecule has 14 heavy (non-hydrogen) atoms. The van der Waals surface area contributed by atoms with E-state index in [1.165, 1.54) is 6.92 Å². The third-order valence-electron chi connectivity index (χ3n) is 2.53. The lowest BCUT2D eigenvalue weighted by molar-refractivity contribution is -0.159. The van der Waals surface area contributed by atoms with E-state index in [2.05, 4.69) is 0 Å². The number of ketones is 1. The lowest BCUT2D eigenvalue weighted by atomic mass is 9.81. The Balaban J connectivity index is 4.53. The Labute approximate surface area is 85.8 Å². The van der Waals surface area contributed by atoms with Gasteiger partial charge in [0, 0.05) is 0 Å². The van der Waals surface area contributed by atoms with Gasteiger partial charge in [0.05, 0.1) is 6.61 Å². The van der Waals surface area contributed by atoms with Crippen LogP contribution >= 0.6 is 0 Å². The molecule has 1 unspecified atom stereocenters. The van der Waals surface area contributed by atoms with Crippen LogP contribution in [0.15, 0.2) is 0 Å². The smallest absolute Gasteiger partial charge is 0.319 e. The molecule has 0 aliphatic heterocycles. The van der Waals surface area contributed by atoms with Crippen molar-refractivity contribution >= 4 is 11.8 Å². The second-order valence-electron chi connectivity index (χ2n) is 3.71. The molecule has 3 heteroatoms. The quantitative estimate of drug-likeness (QED) is 0.488. The van der Waals surface area contributed by atoms with Gasteiger partial charge in [0.2, 0.25) is 0 Å². The number of hydrogen-bond acceptors (Lipinski definition) is 3. The topological polar surface area (TPSA) is 43.4 Å². The van der Waals surface area contributed by atoms with Crippen molar-refractivity contribution in [2.75, 3.05) is 6.61 Å². The van der Waals surface area contributed by atoms with Gasteiger partial charge in [0.15, 0.2) is 0 Å². The number of unbranched alkanes of at least 4 members (excludes halogenated alkanes) is 1. The molecule has 0 fully saturated rings. The molecule has 0 rings (SSSR count). The van der Waals surface area contributed by atoms with Crippen molar-refractivity contribution in [2.45, 2.75) is 47.0 Å². The minimum Gasteiger partial charge on any atom is -0.465 e. The van der Waals surface area contributed by atoms with Crippen molar-refractivity contribution in [2.24, 2.45) is 5.41 Å². The molecule has 0 spiro atoms. The predicted molar refractivity (Wildman–Crippen MR) is 54.9 cm³/mol. The number of Topliss-reactive ketones (excluding diaryl/α,β-unsaturated/α-hetero) is 1. The molecular weight excluding hydrogens is 180 g/mol. The van der Waals surface area contributed by atoms with Gasteiger partial charge >= 0.3 is 5.97 Å². The van der Waals surface area contributed by atoms with E-state index in [9.17, 15) is 9.59 Å². The lowest BCUT2D eigenvalue weighted by Crippen LogP contribution is -2.36. The summed E-state index contributed by atoms with van der Waals surface area (Å²) in [6.07, 6.45) is 2.43. The fourth-order valence-corrected chi connectivity index (χ4v) is 1.24. The van der Waals surface area contributed by atoms with Crippen LogP contribution in [0.2, 0.25) is 0 Å². The van der Waals surface area contributed by atoms with Crippen LogP contribution < -0.4 is 0 Å². The maximum atomic E-state index is 11.6. The Morgan fingerprint density at radius 2 is 1.86 bits per heavy atom. The second kappa shape index (κ2) is 5.78. The second-order valence-corrected chi connectivity index (χ2v) is 3.71. The zero-order chi connectivity index (χ0) is 11.2. The summed E-state index contributed by atoms with van der Waals surface area (Å²) >= 11 is 0. The van der Waals surface area contributed by atoms with Crippen LogP contribution in [0.3, 0.4) is 0 Å². The molecule has 0 saturated carbocycles. The first kappa shape index (κ1) is 13.1. The predicted octanol–water partition coefficient (Wildman–Crippen LogP) is 2.33. The maximum absolute atomic E-state index is 11.6. The molecule has 0 aliphatic carbocycles. The fourth-order valence-electron chi connectivity index (χ4n) is 1.24. The van der Waals surface area contributed by atoms with Crippen molar-refractivity contribution in [3.63, 3.8) is 0 Å². The summed E-state index contributed by atoms with van der Waals surface area (Å²) in [5.41, 5.74) is -0.938. The average molecular weight is 200 g/mol. The molecule has 0 saturated heterocycles. The number of carbonyl (C=O) groups is 2. The van der Waals surface area contributed by atoms with Crippen LogP contribution in [-0.2, 0) is 14.3 Å². The third-order valence-corrected chi connectivity index (χ3v) is 2.53. The van der Waals surface area contributed by atoms with Crippen LogP contribution in [0.1, 0.15) is 47.0 Å². The zero-order valence-electron chi connectivity index (χ0n) is 9.55. The number of esters is 1. The molecule has 0 heterocycles. The number of carbonyl (C=O) groups excluding carboxylic acids is 2. The minimum absolute atomic E-state index is 0.107. The van der Waals surface area contributed by atoms with E-state index in [1.807, 2.05) is 6.92 Å². The first-order chi connectivity index (χ1) is 6.49. The van der Waals surface area contributed by atoms with Gasteiger partial charge in [0.1, 0.15) is 11.2 Å². The van der Waals surface area contributed by atoms with Gasteiger partial charge in [-0.05, 0) is 27.2 Å². The summed E-state index contributed by atoms with van der Waals surface area (Å²) in [4.78, 5) is 23.0. The molecule has 0 aromatic heterocycles. The summed E-state index contributed by atoms with van der Waals surface area (Å²) in [5.74, 6) is -0.495. The van der Waals surface area contributed by atoms with Crippen LogP contribution in [0.25, 0.3) is 0 Å². The van der Waals surface area contributed by atoms with E-state index < -0.39 is 5.41 Å². The molecule has 0 amide bonds. The summed E-state index contributed by atoms with van der Waals surface area (Å²) in [7, 11) is 0. The Morgan fingerprint density at radius 3 is 2.21 bits per heavy atom. The van der Waals surface area contributed by atoms with E-state index in [1.54, 1.807) is 13.8 Å². The van der Waals surface area contributed by atoms with E-state index in [0.29, 0.717) is 13.0 Å². The van der Waals surface area contributed by atoms with E-state index >= 15 is 0 Å². The monoisotopic (exact) mass is 200 g/mol. The Bertz CT molecular complexity index is 211. The first-order valence-corrected chi connectivity index (χ1v) is 5.17. The highest BCUT2D eigenvalue weighted by Crippen LogP contribution is 2.27. The van der Waals surface area contributed by atoms with Crippen LogP contribution in [0, 0.1) is 5.41 Å². The van der Waals surface area contributed by atoms with Crippen molar-refractivity contribution in [1.29, 1.82) is 0 Å². The Kier molecular flexibility index (Phi) is 5.43. The highest BCUT2D eigenvalue weighted by molar-refractivity contribution is 6.02. The van der Waals surface area contributed by atoms with Crippen LogP contribution in [0.4, 0.5) is 0 Å². The lowest BCUT2D eigenvalue weighted by Gasteiger charge is -2.23. The molecule has 82 valence electrons.